The molecular formula is C34H49N7O9. The van der Waals surface area contributed by atoms with Gasteiger partial charge in [0.05, 0.1) is 6.61 Å². The predicted octanol–water partition coefficient (Wildman–Crippen LogP) is 2.20. The van der Waals surface area contributed by atoms with Gasteiger partial charge in [0.1, 0.15) is 31.3 Å². The fraction of sp³-hybridized carbons (Fsp3) is 0.471. The highest BCUT2D eigenvalue weighted by molar-refractivity contribution is 5.92. The summed E-state index contributed by atoms with van der Waals surface area (Å²) in [7, 11) is 1.46. The topological polar surface area (TPSA) is 214 Å². The molecule has 0 spiro atoms. The van der Waals surface area contributed by atoms with Crippen LogP contribution < -0.4 is 37.7 Å². The van der Waals surface area contributed by atoms with Gasteiger partial charge in [0.2, 0.25) is 5.91 Å². The Morgan fingerprint density at radius 1 is 0.560 bits per heavy atom. The number of benzene rings is 2. The average Bonchev–Trinajstić information content (AvgIpc) is 3.08. The van der Waals surface area contributed by atoms with Gasteiger partial charge < -0.3 is 30.2 Å². The first-order valence-electron chi connectivity index (χ1n) is 16.3. The fourth-order valence-electron chi connectivity index (χ4n) is 4.49. The Balaban J connectivity index is 1.96. The Hall–Kier alpha value is -5.38. The number of alkyl carbamates (subject to hydrolysis) is 2. The van der Waals surface area contributed by atoms with Crippen molar-refractivity contribution >= 4 is 35.9 Å². The normalized spacial score (nSPS) is 12.5. The minimum Gasteiger partial charge on any atom is -0.447 e. The Labute approximate surface area is 292 Å². The van der Waals surface area contributed by atoms with Gasteiger partial charge in [-0.15, -0.1) is 0 Å². The van der Waals surface area contributed by atoms with Gasteiger partial charge >= 0.3 is 18.2 Å². The van der Waals surface area contributed by atoms with E-state index in [4.69, 9.17) is 14.2 Å². The molecular weight excluding hydrogens is 650 g/mol. The van der Waals surface area contributed by atoms with E-state index in [0.717, 1.165) is 11.1 Å². The molecule has 0 bridgehead atoms. The SMILES string of the molecule is COCCOC(=O)NC(Cc1ccccc1)C(=O)NC(CC(C)C)C(=O)NNC(=O)NNC(=O)C(CC(C)C)NC(=O)OCc1ccccc1. The number of urea groups is 1. The Bertz CT molecular complexity index is 1380. The second-order valence-corrected chi connectivity index (χ2v) is 12.2. The lowest BCUT2D eigenvalue weighted by Crippen LogP contribution is -2.60. The molecule has 7 amide bonds. The number of hydrogen-bond acceptors (Lipinski definition) is 9. The summed E-state index contributed by atoms with van der Waals surface area (Å²) < 4.78 is 15.1. The van der Waals surface area contributed by atoms with Crippen molar-refractivity contribution in [1.29, 1.82) is 0 Å². The molecule has 2 aromatic rings. The molecule has 0 saturated carbocycles. The first kappa shape index (κ1) is 40.8. The van der Waals surface area contributed by atoms with Gasteiger partial charge in [-0.05, 0) is 35.8 Å². The van der Waals surface area contributed by atoms with Crippen molar-refractivity contribution < 1.29 is 43.0 Å². The molecule has 274 valence electrons. The Morgan fingerprint density at radius 2 is 1.04 bits per heavy atom. The van der Waals surface area contributed by atoms with E-state index < -0.39 is 54.1 Å². The smallest absolute Gasteiger partial charge is 0.408 e. The van der Waals surface area contributed by atoms with Crippen LogP contribution in [0.25, 0.3) is 0 Å². The number of methoxy groups -OCH3 is 1. The molecule has 0 saturated heterocycles. The summed E-state index contributed by atoms with van der Waals surface area (Å²) in [6.45, 7) is 7.55. The van der Waals surface area contributed by atoms with Gasteiger partial charge in [-0.1, -0.05) is 88.4 Å². The highest BCUT2D eigenvalue weighted by Crippen LogP contribution is 2.09. The number of nitrogens with one attached hydrogen (secondary N) is 7. The van der Waals surface area contributed by atoms with Gasteiger partial charge in [0, 0.05) is 13.5 Å². The molecule has 16 heteroatoms. The van der Waals surface area contributed by atoms with Crippen molar-refractivity contribution in [1.82, 2.24) is 37.7 Å². The van der Waals surface area contributed by atoms with Gasteiger partial charge in [0.25, 0.3) is 11.8 Å². The van der Waals surface area contributed by atoms with E-state index in [2.05, 4.69) is 37.7 Å². The second kappa shape index (κ2) is 22.3. The molecule has 16 nitrogen and oxygen atoms in total. The largest absolute Gasteiger partial charge is 0.447 e. The first-order valence-corrected chi connectivity index (χ1v) is 16.3. The highest BCUT2D eigenvalue weighted by Gasteiger charge is 2.29. The van der Waals surface area contributed by atoms with Crippen molar-refractivity contribution in [2.45, 2.75) is 71.7 Å². The monoisotopic (exact) mass is 699 g/mol. The maximum atomic E-state index is 13.4. The molecule has 7 N–H and O–H groups in total. The van der Waals surface area contributed by atoms with Gasteiger partial charge in [0.15, 0.2) is 0 Å². The fourth-order valence-corrected chi connectivity index (χ4v) is 4.49. The standard InChI is InChI=1S/C34H49N7O9/c1-22(2)18-26(35-29(42)28(20-24-12-8-6-9-13-24)37-33(46)49-17-16-48-5)30(43)38-40-32(45)41-39-31(44)27(19-23(3)4)36-34(47)50-21-25-14-10-7-11-15-25/h6-15,22-23,26-28H,16-21H2,1-5H3,(H,35,42)(H,36,47)(H,37,46)(H,38,43)(H,39,44)(H2,40,41,45). The maximum Gasteiger partial charge on any atom is 0.408 e. The van der Waals surface area contributed by atoms with Crippen LogP contribution in [-0.4, -0.2) is 74.4 Å². The van der Waals surface area contributed by atoms with Gasteiger partial charge in [-0.2, -0.15) is 0 Å². The number of rotatable bonds is 17. The number of hydrazine groups is 2. The lowest BCUT2D eigenvalue weighted by molar-refractivity contribution is -0.130. The third kappa shape index (κ3) is 16.6. The zero-order valence-electron chi connectivity index (χ0n) is 29.1. The molecule has 2 aromatic carbocycles. The molecule has 3 atom stereocenters. The molecule has 0 heterocycles. The summed E-state index contributed by atoms with van der Waals surface area (Å²) >= 11 is 0. The van der Waals surface area contributed by atoms with Gasteiger partial charge in [-0.3, -0.25) is 25.2 Å². The number of ether oxygens (including phenoxy) is 3. The van der Waals surface area contributed by atoms with E-state index in [-0.39, 0.29) is 50.9 Å². The Kier molecular flexibility index (Phi) is 18.2. The first-order chi connectivity index (χ1) is 23.9. The zero-order chi connectivity index (χ0) is 36.9. The van der Waals surface area contributed by atoms with Crippen LogP contribution in [0, 0.1) is 11.8 Å². The molecule has 2 rings (SSSR count). The van der Waals surface area contributed by atoms with E-state index >= 15 is 0 Å². The molecule has 0 aromatic heterocycles. The van der Waals surface area contributed by atoms with E-state index in [9.17, 15) is 28.8 Å². The van der Waals surface area contributed by atoms with Crippen molar-refractivity contribution in [2.75, 3.05) is 20.3 Å². The van der Waals surface area contributed by atoms with Crippen LogP contribution in [0.15, 0.2) is 60.7 Å². The lowest BCUT2D eigenvalue weighted by Gasteiger charge is -2.24. The number of carbonyl (C=O) groups excluding carboxylic acids is 6. The van der Waals surface area contributed by atoms with E-state index in [1.54, 1.807) is 48.5 Å². The molecule has 0 aliphatic heterocycles. The maximum absolute atomic E-state index is 13.4. The Morgan fingerprint density at radius 3 is 1.56 bits per heavy atom. The molecule has 50 heavy (non-hydrogen) atoms. The third-order valence-corrected chi connectivity index (χ3v) is 6.88. The van der Waals surface area contributed by atoms with Crippen LogP contribution in [-0.2, 0) is 41.6 Å². The van der Waals surface area contributed by atoms with Crippen LogP contribution in [0.4, 0.5) is 14.4 Å². The van der Waals surface area contributed by atoms with Crippen LogP contribution in [0.2, 0.25) is 0 Å². The quantitative estimate of drug-likeness (QED) is 0.0951. The summed E-state index contributed by atoms with van der Waals surface area (Å²) in [5, 5.41) is 7.68. The zero-order valence-corrected chi connectivity index (χ0v) is 29.1. The molecule has 0 aliphatic rings. The van der Waals surface area contributed by atoms with Crippen LogP contribution >= 0.6 is 0 Å². The highest BCUT2D eigenvalue weighted by atomic mass is 16.6. The lowest BCUT2D eigenvalue weighted by atomic mass is 10.0. The number of amides is 7. The van der Waals surface area contributed by atoms with E-state index in [1.807, 2.05) is 39.8 Å². The van der Waals surface area contributed by atoms with E-state index in [1.165, 1.54) is 7.11 Å². The molecule has 3 unspecified atom stereocenters. The van der Waals surface area contributed by atoms with Crippen LogP contribution in [0.1, 0.15) is 51.7 Å². The van der Waals surface area contributed by atoms with Crippen molar-refractivity contribution in [3.05, 3.63) is 71.8 Å². The minimum atomic E-state index is -1.11. The summed E-state index contributed by atoms with van der Waals surface area (Å²) in [5.41, 5.74) is 10.2. The minimum absolute atomic E-state index is 0.00480. The van der Waals surface area contributed by atoms with Gasteiger partial charge in [-0.25, -0.2) is 25.2 Å². The second-order valence-electron chi connectivity index (χ2n) is 12.2. The number of hydrogen-bond donors (Lipinski definition) is 7. The summed E-state index contributed by atoms with van der Waals surface area (Å²) in [5.74, 6) is -2.18. The predicted molar refractivity (Wildman–Crippen MR) is 183 cm³/mol. The van der Waals surface area contributed by atoms with E-state index in [0.29, 0.717) is 0 Å². The average molecular weight is 700 g/mol. The van der Waals surface area contributed by atoms with Crippen LogP contribution in [0.5, 0.6) is 0 Å². The third-order valence-electron chi connectivity index (χ3n) is 6.88. The number of carbonyl (C=O) groups is 6. The van der Waals surface area contributed by atoms with Crippen LogP contribution in [0.3, 0.4) is 0 Å². The van der Waals surface area contributed by atoms with Crippen molar-refractivity contribution in [3.8, 4) is 0 Å². The van der Waals surface area contributed by atoms with Crippen molar-refractivity contribution in [3.63, 3.8) is 0 Å². The molecule has 0 aliphatic carbocycles. The summed E-state index contributed by atoms with van der Waals surface area (Å²) in [6, 6.07) is 13.7. The molecule has 0 radical (unpaired) electrons. The summed E-state index contributed by atoms with van der Waals surface area (Å²) in [4.78, 5) is 76.5. The molecule has 0 fully saturated rings. The van der Waals surface area contributed by atoms with Crippen molar-refractivity contribution in [2.24, 2.45) is 11.8 Å². The summed E-state index contributed by atoms with van der Waals surface area (Å²) in [6.07, 6.45) is -1.10.